The normalized spacial score (nSPS) is 21.4. The van der Waals surface area contributed by atoms with E-state index < -0.39 is 18.3 Å². The first-order valence-electron chi connectivity index (χ1n) is 21.8. The van der Waals surface area contributed by atoms with Gasteiger partial charge >= 0.3 is 12.2 Å². The molecule has 0 radical (unpaired) electrons. The van der Waals surface area contributed by atoms with Gasteiger partial charge in [-0.25, -0.2) is 18.7 Å². The Kier molecular flexibility index (Phi) is 10.3. The van der Waals surface area contributed by atoms with Crippen LogP contribution in [0.4, 0.5) is 9.59 Å². The second-order valence-corrected chi connectivity index (χ2v) is 18.9. The Labute approximate surface area is 385 Å². The van der Waals surface area contributed by atoms with Crippen LogP contribution in [0.15, 0.2) is 131 Å². The molecule has 2 fully saturated rings. The van der Waals surface area contributed by atoms with Crippen molar-refractivity contribution in [1.82, 2.24) is 9.13 Å². The van der Waals surface area contributed by atoms with Crippen LogP contribution in [0, 0.1) is 11.8 Å². The first-order chi connectivity index (χ1) is 32.1. The van der Waals surface area contributed by atoms with Crippen molar-refractivity contribution in [2.45, 2.75) is 46.0 Å². The summed E-state index contributed by atoms with van der Waals surface area (Å²) in [7, 11) is 0. The quantitative estimate of drug-likeness (QED) is 0.134. The Hall–Kier alpha value is -7.25. The van der Waals surface area contributed by atoms with Gasteiger partial charge in [0.2, 0.25) is 0 Å². The molecule has 3 unspecified atom stereocenters. The zero-order chi connectivity index (χ0) is 45.4. The van der Waals surface area contributed by atoms with Gasteiger partial charge in [0.05, 0.1) is 36.7 Å². The van der Waals surface area contributed by atoms with Crippen molar-refractivity contribution >= 4 is 109 Å². The van der Waals surface area contributed by atoms with Gasteiger partial charge in [-0.3, -0.25) is 14.4 Å². The van der Waals surface area contributed by atoms with Crippen LogP contribution in [0.2, 0.25) is 0 Å². The van der Waals surface area contributed by atoms with E-state index in [0.717, 1.165) is 43.8 Å². The second kappa shape index (κ2) is 16.3. The van der Waals surface area contributed by atoms with Crippen molar-refractivity contribution < 1.29 is 38.6 Å². The third kappa shape index (κ3) is 6.74. The maximum absolute atomic E-state index is 14.3. The van der Waals surface area contributed by atoms with Gasteiger partial charge in [-0.1, -0.05) is 109 Å². The molecule has 326 valence electrons. The van der Waals surface area contributed by atoms with Gasteiger partial charge < -0.3 is 14.6 Å². The molecule has 3 atom stereocenters. The molecular weight excluding hydrogens is 869 g/mol. The summed E-state index contributed by atoms with van der Waals surface area (Å²) < 4.78 is 16.7. The number of nitrogens with zero attached hydrogens (tertiary/aromatic N) is 2. The van der Waals surface area contributed by atoms with Crippen LogP contribution in [0.5, 0.6) is 0 Å². The van der Waals surface area contributed by atoms with Crippen LogP contribution in [-0.2, 0) is 37.1 Å². The molecule has 6 aromatic rings. The molecule has 10 nitrogen and oxygen atoms in total. The first-order valence-corrected chi connectivity index (χ1v) is 23.4. The lowest BCUT2D eigenvalue weighted by atomic mass is 9.84. The summed E-state index contributed by atoms with van der Waals surface area (Å²) >= 11 is 2.81. The average Bonchev–Trinajstić information content (AvgIpc) is 4.16. The van der Waals surface area contributed by atoms with E-state index in [-0.39, 0.29) is 48.0 Å². The third-order valence-corrected chi connectivity index (χ3v) is 15.0. The highest BCUT2D eigenvalue weighted by Gasteiger charge is 2.38. The van der Waals surface area contributed by atoms with Gasteiger partial charge in [0.25, 0.3) is 0 Å². The SMILES string of the molecule is C/C=C1/C(=O)C(=Cc2cc3c(s2)c2c(n3C(=O)OCc3ccccc3)=CC3C=c4c(n(C(=O)OCc5ccccc5)c5cc(/C=C6/C(=O)C7=CCCC=C7C6O)sc45)=CC3C=2)C(=O)/C1=C/C. The average molecular weight is 909 g/mol. The van der Waals surface area contributed by atoms with Gasteiger partial charge in [0.1, 0.15) is 19.3 Å². The molecule has 12 heteroatoms. The van der Waals surface area contributed by atoms with Crippen molar-refractivity contribution in [2.24, 2.45) is 11.8 Å². The largest absolute Gasteiger partial charge is 0.444 e. The molecule has 0 aliphatic heterocycles. The van der Waals surface area contributed by atoms with Gasteiger partial charge in [-0.2, -0.15) is 0 Å². The predicted molar refractivity (Wildman–Crippen MR) is 257 cm³/mol. The highest BCUT2D eigenvalue weighted by molar-refractivity contribution is 7.20. The van der Waals surface area contributed by atoms with Gasteiger partial charge in [0.15, 0.2) is 17.3 Å². The number of aliphatic hydroxyl groups excluding tert-OH is 1. The van der Waals surface area contributed by atoms with Crippen LogP contribution in [-0.4, -0.2) is 49.9 Å². The first kappa shape index (κ1) is 41.5. The third-order valence-electron chi connectivity index (χ3n) is 12.8. The number of hydrogen-bond acceptors (Lipinski definition) is 10. The van der Waals surface area contributed by atoms with Crippen LogP contribution in [0.1, 0.15) is 47.6 Å². The molecule has 0 saturated heterocycles. The maximum atomic E-state index is 14.3. The minimum absolute atomic E-state index is 0.0516. The standard InChI is InChI=1S/C54H40N2O8S2/c1-3-35-36(4-2)48(58)41(47(35)57)23-33-25-45-51(65-33)39-19-31-22-44-40(20-32(31)21-43(39)55(45)53(61)63-27-29-13-7-5-8-14-29)52-46(56(44)54(62)64-28-30-15-9-6-10-16-30)26-34(66-52)24-42-49(59)37-17-11-12-18-38(37)50(42)60/h3-10,13-26,31-32,49,59H,11-12,27-28H2,1-2H3/b35-3+,36-4+,42-24+. The fourth-order valence-electron chi connectivity index (χ4n) is 9.70. The summed E-state index contributed by atoms with van der Waals surface area (Å²) in [6, 6.07) is 22.6. The summed E-state index contributed by atoms with van der Waals surface area (Å²) in [6.45, 7) is 3.59. The zero-order valence-corrected chi connectivity index (χ0v) is 37.4. The van der Waals surface area contributed by atoms with Crippen LogP contribution < -0.4 is 21.1 Å². The molecule has 2 aromatic carbocycles. The number of benzene rings is 2. The van der Waals surface area contributed by atoms with E-state index in [1.54, 1.807) is 47.3 Å². The monoisotopic (exact) mass is 908 g/mol. The number of fused-ring (bicyclic) bond motifs is 8. The number of hydrogen-bond donors (Lipinski definition) is 1. The van der Waals surface area contributed by atoms with Crippen molar-refractivity contribution in [3.8, 4) is 0 Å². The lowest BCUT2D eigenvalue weighted by Gasteiger charge is -2.21. The lowest BCUT2D eigenvalue weighted by Crippen LogP contribution is -2.42. The summed E-state index contributed by atoms with van der Waals surface area (Å²) in [6.07, 6.45) is 18.2. The number of allylic oxidation sites excluding steroid dienone is 7. The van der Waals surface area contributed by atoms with Crippen LogP contribution in [0.3, 0.4) is 0 Å². The molecule has 0 spiro atoms. The molecule has 2 saturated carbocycles. The number of thiophene rings is 2. The van der Waals surface area contributed by atoms with Crippen molar-refractivity contribution in [1.29, 1.82) is 0 Å². The van der Waals surface area contributed by atoms with E-state index in [9.17, 15) is 29.1 Å². The summed E-state index contributed by atoms with van der Waals surface area (Å²) in [5, 5.41) is 14.2. The minimum Gasteiger partial charge on any atom is -0.444 e. The molecule has 0 bridgehead atoms. The number of carbonyl (C=O) groups is 5. The Bertz CT molecular complexity index is 3590. The van der Waals surface area contributed by atoms with Gasteiger partial charge in [-0.05, 0) is 67.7 Å². The highest BCUT2D eigenvalue weighted by atomic mass is 32.1. The van der Waals surface area contributed by atoms with E-state index in [1.807, 2.05) is 84.9 Å². The Morgan fingerprint density at radius 1 is 0.652 bits per heavy atom. The van der Waals surface area contributed by atoms with Crippen molar-refractivity contribution in [3.05, 3.63) is 173 Å². The van der Waals surface area contributed by atoms with Crippen molar-refractivity contribution in [2.75, 3.05) is 0 Å². The zero-order valence-electron chi connectivity index (χ0n) is 35.8. The summed E-state index contributed by atoms with van der Waals surface area (Å²) in [5.74, 6) is -1.35. The minimum atomic E-state index is -1.03. The van der Waals surface area contributed by atoms with E-state index in [1.165, 1.54) is 22.7 Å². The summed E-state index contributed by atoms with van der Waals surface area (Å²) in [4.78, 5) is 70.2. The van der Waals surface area contributed by atoms with Crippen molar-refractivity contribution in [3.63, 3.8) is 0 Å². The Morgan fingerprint density at radius 3 is 1.62 bits per heavy atom. The number of carbonyl (C=O) groups excluding carboxylic acids is 5. The molecule has 11 rings (SSSR count). The number of Topliss-reactive ketones (excluding diaryl/α,β-unsaturated/α-hetero) is 3. The lowest BCUT2D eigenvalue weighted by molar-refractivity contribution is -0.115. The topological polar surface area (TPSA) is 134 Å². The molecule has 66 heavy (non-hydrogen) atoms. The Balaban J connectivity index is 1.05. The smallest absolute Gasteiger partial charge is 0.419 e. The molecule has 5 aliphatic rings. The second-order valence-electron chi connectivity index (χ2n) is 16.7. The summed E-state index contributed by atoms with van der Waals surface area (Å²) in [5.41, 5.74) is 5.17. The molecule has 5 aliphatic carbocycles. The molecular formula is C54H40N2O8S2. The number of ether oxygens (including phenoxy) is 2. The predicted octanol–water partition coefficient (Wildman–Crippen LogP) is 7.57. The fraction of sp³-hybridized carbons (Fsp3) is 0.167. The fourth-order valence-corrected chi connectivity index (χ4v) is 12.0. The van der Waals surface area contributed by atoms with E-state index >= 15 is 0 Å². The molecule has 1 N–H and O–H groups in total. The van der Waals surface area contributed by atoms with Gasteiger partial charge in [0, 0.05) is 54.3 Å². The van der Waals surface area contributed by atoms with E-state index in [4.69, 9.17) is 9.47 Å². The number of rotatable bonds is 6. The molecule has 4 aromatic heterocycles. The maximum Gasteiger partial charge on any atom is 0.419 e. The molecule has 0 amide bonds. The van der Waals surface area contributed by atoms with Crippen LogP contribution >= 0.6 is 22.7 Å². The molecule has 4 heterocycles. The van der Waals surface area contributed by atoms with Gasteiger partial charge in [-0.15, -0.1) is 22.7 Å². The number of aliphatic hydroxyl groups is 1. The highest BCUT2D eigenvalue weighted by Crippen LogP contribution is 2.39. The van der Waals surface area contributed by atoms with E-state index in [2.05, 4.69) is 24.3 Å². The number of aromatic nitrogens is 2. The number of ketones is 3. The van der Waals surface area contributed by atoms with Crippen LogP contribution in [0.25, 0.3) is 56.9 Å². The van der Waals surface area contributed by atoms with E-state index in [0.29, 0.717) is 59.4 Å². The Morgan fingerprint density at radius 2 is 1.14 bits per heavy atom.